The number of likely N-dealkylation sites (N-methyl/N-ethyl adjacent to an activating group) is 1. The highest BCUT2D eigenvalue weighted by Gasteiger charge is 2.31. The van der Waals surface area contributed by atoms with E-state index in [0.29, 0.717) is 35.9 Å². The molecule has 13 heteroatoms. The number of rotatable bonds is 8. The van der Waals surface area contributed by atoms with Gasteiger partial charge in [-0.15, -0.1) is 0 Å². The van der Waals surface area contributed by atoms with E-state index in [9.17, 15) is 23.1 Å². The van der Waals surface area contributed by atoms with Crippen molar-refractivity contribution in [3.05, 3.63) is 48.0 Å². The van der Waals surface area contributed by atoms with Gasteiger partial charge in [0.1, 0.15) is 11.5 Å². The Balaban J connectivity index is 1.93. The second-order valence-electron chi connectivity index (χ2n) is 11.4. The molecule has 1 aliphatic heterocycles. The molecule has 0 aromatic heterocycles. The van der Waals surface area contributed by atoms with Gasteiger partial charge in [0.25, 0.3) is 5.91 Å². The van der Waals surface area contributed by atoms with Crippen molar-refractivity contribution < 1.29 is 37.3 Å². The zero-order valence-corrected chi connectivity index (χ0v) is 27.2. The highest BCUT2D eigenvalue weighted by Crippen LogP contribution is 2.29. The van der Waals surface area contributed by atoms with E-state index in [2.05, 4.69) is 10.6 Å². The molecule has 44 heavy (non-hydrogen) atoms. The minimum atomic E-state index is -3.45. The maximum absolute atomic E-state index is 14.2. The van der Waals surface area contributed by atoms with Crippen molar-refractivity contribution in [1.29, 1.82) is 0 Å². The maximum Gasteiger partial charge on any atom is 0.323 e. The van der Waals surface area contributed by atoms with E-state index >= 15 is 0 Å². The fourth-order valence-electron chi connectivity index (χ4n) is 4.82. The van der Waals surface area contributed by atoms with Gasteiger partial charge in [-0.25, -0.2) is 17.5 Å². The van der Waals surface area contributed by atoms with Crippen LogP contribution in [-0.2, 0) is 14.8 Å². The average molecular weight is 635 g/mol. The molecule has 0 radical (unpaired) electrons. The number of aliphatic hydroxyl groups is 1. The number of hydrogen-bond acceptors (Lipinski definition) is 8. The van der Waals surface area contributed by atoms with Crippen LogP contribution in [0.5, 0.6) is 11.5 Å². The number of hydrogen-bond donors (Lipinski definition) is 3. The molecule has 0 bridgehead atoms. The van der Waals surface area contributed by atoms with Crippen LogP contribution in [0.1, 0.15) is 50.4 Å². The van der Waals surface area contributed by atoms with Gasteiger partial charge in [0.05, 0.1) is 43.8 Å². The lowest BCUT2D eigenvalue weighted by molar-refractivity contribution is -0.00828. The van der Waals surface area contributed by atoms with Crippen molar-refractivity contribution >= 4 is 33.3 Å². The Kier molecular flexibility index (Phi) is 12.8. The van der Waals surface area contributed by atoms with Gasteiger partial charge in [-0.3, -0.25) is 4.79 Å². The van der Waals surface area contributed by atoms with Crippen LogP contribution in [0, 0.1) is 5.92 Å². The Labute approximate surface area is 260 Å². The van der Waals surface area contributed by atoms with Gasteiger partial charge in [0, 0.05) is 44.0 Å². The topological polar surface area (TPSA) is 147 Å². The van der Waals surface area contributed by atoms with Gasteiger partial charge >= 0.3 is 6.03 Å². The van der Waals surface area contributed by atoms with Crippen molar-refractivity contribution in [2.24, 2.45) is 5.92 Å². The number of sulfonamides is 1. The number of ether oxygens (including phenoxy) is 3. The van der Waals surface area contributed by atoms with Crippen LogP contribution >= 0.6 is 0 Å². The fraction of sp³-hybridized carbons (Fsp3) is 0.548. The molecular weight excluding hydrogens is 588 g/mol. The first kappa shape index (κ1) is 35.1. The molecule has 12 nitrogen and oxygen atoms in total. The molecule has 0 unspecified atom stereocenters. The smallest absolute Gasteiger partial charge is 0.323 e. The van der Waals surface area contributed by atoms with Crippen molar-refractivity contribution in [3.63, 3.8) is 0 Å². The van der Waals surface area contributed by atoms with Crippen molar-refractivity contribution in [1.82, 2.24) is 9.21 Å². The number of urea groups is 1. The molecule has 2 aromatic rings. The molecule has 0 fully saturated rings. The number of nitrogens with one attached hydrogen (secondary N) is 2. The maximum atomic E-state index is 14.2. The van der Waals surface area contributed by atoms with Gasteiger partial charge in [0.2, 0.25) is 10.0 Å². The molecular formula is C31H46N4O8S. The SMILES string of the molecule is COc1ccc(NC(=O)Nc2ccc3c(c2)C(=O)N([C@H](C)CO)C[C@H](C)[C@H](CN(C)S(C)(=O)=O)OCCCC[C@H](C)O3)cc1. The molecule has 1 aliphatic rings. The first-order valence-electron chi connectivity index (χ1n) is 14.8. The highest BCUT2D eigenvalue weighted by molar-refractivity contribution is 7.88. The normalized spacial score (nSPS) is 21.0. The molecule has 0 spiro atoms. The molecule has 3 N–H and O–H groups in total. The number of fused-ring (bicyclic) bond motifs is 1. The van der Waals surface area contributed by atoms with E-state index in [4.69, 9.17) is 14.2 Å². The summed E-state index contributed by atoms with van der Waals surface area (Å²) in [6.45, 7) is 6.03. The minimum Gasteiger partial charge on any atom is -0.497 e. The lowest BCUT2D eigenvalue weighted by atomic mass is 10.0. The first-order valence-corrected chi connectivity index (χ1v) is 16.6. The zero-order chi connectivity index (χ0) is 32.4. The Morgan fingerprint density at radius 3 is 2.43 bits per heavy atom. The summed E-state index contributed by atoms with van der Waals surface area (Å²) < 4.78 is 43.2. The quantitative estimate of drug-likeness (QED) is 0.395. The van der Waals surface area contributed by atoms with E-state index < -0.39 is 34.1 Å². The lowest BCUT2D eigenvalue weighted by Gasteiger charge is -2.35. The third kappa shape index (κ3) is 10.1. The predicted octanol–water partition coefficient (Wildman–Crippen LogP) is 4.03. The number of anilines is 2. The van der Waals surface area contributed by atoms with Crippen LogP contribution in [0.25, 0.3) is 0 Å². The molecule has 244 valence electrons. The molecule has 1 heterocycles. The summed E-state index contributed by atoms with van der Waals surface area (Å²) in [7, 11) is -0.382. The molecule has 2 aromatic carbocycles. The molecule has 3 amide bonds. The van der Waals surface area contributed by atoms with E-state index in [-0.39, 0.29) is 37.3 Å². The van der Waals surface area contributed by atoms with Crippen LogP contribution in [0.2, 0.25) is 0 Å². The number of carbonyl (C=O) groups excluding carboxylic acids is 2. The number of benzene rings is 2. The van der Waals surface area contributed by atoms with Crippen LogP contribution in [0.15, 0.2) is 42.5 Å². The van der Waals surface area contributed by atoms with Crippen molar-refractivity contribution in [2.45, 2.75) is 58.3 Å². The number of nitrogens with zero attached hydrogens (tertiary/aromatic N) is 2. The summed E-state index contributed by atoms with van der Waals surface area (Å²) in [6.07, 6.45) is 2.73. The average Bonchev–Trinajstić information content (AvgIpc) is 2.98. The van der Waals surface area contributed by atoms with Gasteiger partial charge in [-0.1, -0.05) is 6.92 Å². The van der Waals surface area contributed by atoms with Gasteiger partial charge < -0.3 is 34.9 Å². The Morgan fingerprint density at radius 2 is 1.80 bits per heavy atom. The molecule has 0 saturated heterocycles. The van der Waals surface area contributed by atoms with E-state index in [1.54, 1.807) is 61.4 Å². The van der Waals surface area contributed by atoms with Crippen LogP contribution < -0.4 is 20.1 Å². The summed E-state index contributed by atoms with van der Waals surface area (Å²) in [5.74, 6) is 0.353. The zero-order valence-electron chi connectivity index (χ0n) is 26.4. The van der Waals surface area contributed by atoms with E-state index in [1.165, 1.54) is 11.4 Å². The van der Waals surface area contributed by atoms with Crippen molar-refractivity contribution in [2.75, 3.05) is 57.4 Å². The third-order valence-electron chi connectivity index (χ3n) is 7.66. The Hall–Kier alpha value is -3.39. The molecule has 3 rings (SSSR count). The van der Waals surface area contributed by atoms with Crippen LogP contribution in [0.3, 0.4) is 0 Å². The van der Waals surface area contributed by atoms with Gasteiger partial charge in [-0.05, 0) is 75.6 Å². The summed E-state index contributed by atoms with van der Waals surface area (Å²) in [5.41, 5.74) is 1.17. The fourth-order valence-corrected chi connectivity index (χ4v) is 5.24. The predicted molar refractivity (Wildman–Crippen MR) is 170 cm³/mol. The Morgan fingerprint density at radius 1 is 1.14 bits per heavy atom. The second-order valence-corrected chi connectivity index (χ2v) is 13.5. The van der Waals surface area contributed by atoms with Crippen molar-refractivity contribution in [3.8, 4) is 11.5 Å². The highest BCUT2D eigenvalue weighted by atomic mass is 32.2. The van der Waals surface area contributed by atoms with E-state index in [0.717, 1.165) is 19.1 Å². The third-order valence-corrected chi connectivity index (χ3v) is 8.94. The standard InChI is InChI=1S/C31H46N4O8S/c1-21-18-35(22(2)20-36)30(37)27-17-25(33-31(38)32-24-10-13-26(41-5)14-11-24)12-15-28(27)43-23(3)9-7-8-16-42-29(21)19-34(4)44(6,39)40/h10-15,17,21-23,29,36H,7-9,16,18-20H2,1-6H3,(H2,32,33,38)/t21-,22+,23-,29-/m0/s1. The van der Waals surface area contributed by atoms with Gasteiger partial charge in [0.15, 0.2) is 0 Å². The summed E-state index contributed by atoms with van der Waals surface area (Å²) in [4.78, 5) is 28.5. The summed E-state index contributed by atoms with van der Waals surface area (Å²) in [5, 5.41) is 15.6. The summed E-state index contributed by atoms with van der Waals surface area (Å²) >= 11 is 0. The monoisotopic (exact) mass is 634 g/mol. The van der Waals surface area contributed by atoms with Gasteiger partial charge in [-0.2, -0.15) is 0 Å². The molecule has 0 aliphatic carbocycles. The van der Waals surface area contributed by atoms with Crippen LogP contribution in [0.4, 0.5) is 16.2 Å². The first-order chi connectivity index (χ1) is 20.8. The minimum absolute atomic E-state index is 0.128. The summed E-state index contributed by atoms with van der Waals surface area (Å²) in [6, 6.07) is 10.7. The largest absolute Gasteiger partial charge is 0.497 e. The van der Waals surface area contributed by atoms with Crippen LogP contribution in [-0.4, -0.2) is 99.6 Å². The van der Waals surface area contributed by atoms with E-state index in [1.807, 2.05) is 13.8 Å². The molecule has 0 saturated carbocycles. The number of methoxy groups -OCH3 is 1. The number of carbonyl (C=O) groups is 2. The second kappa shape index (κ2) is 16.1. The number of aliphatic hydroxyl groups excluding tert-OH is 1. The lowest BCUT2D eigenvalue weighted by Crippen LogP contribution is -2.47. The molecule has 4 atom stereocenters. The number of amides is 3. The Bertz CT molecular complexity index is 1350.